The third-order valence-electron chi connectivity index (χ3n) is 3.87. The summed E-state index contributed by atoms with van der Waals surface area (Å²) in [6, 6.07) is 5.77. The van der Waals surface area contributed by atoms with Gasteiger partial charge in [0.05, 0.1) is 17.2 Å². The van der Waals surface area contributed by atoms with Crippen molar-refractivity contribution in [2.24, 2.45) is 0 Å². The molecule has 0 radical (unpaired) electrons. The van der Waals surface area contributed by atoms with Crippen LogP contribution in [0.4, 0.5) is 0 Å². The van der Waals surface area contributed by atoms with Crippen molar-refractivity contribution in [1.82, 2.24) is 10.2 Å². The van der Waals surface area contributed by atoms with Gasteiger partial charge in [-0.05, 0) is 39.8 Å². The van der Waals surface area contributed by atoms with Crippen molar-refractivity contribution in [1.29, 1.82) is 0 Å². The summed E-state index contributed by atoms with van der Waals surface area (Å²) in [6.07, 6.45) is 0. The predicted molar refractivity (Wildman–Crippen MR) is 79.3 cm³/mol. The highest BCUT2D eigenvalue weighted by Crippen LogP contribution is 2.29. The van der Waals surface area contributed by atoms with Gasteiger partial charge in [-0.25, -0.2) is 0 Å². The van der Waals surface area contributed by atoms with E-state index in [9.17, 15) is 19.2 Å². The molecular weight excluding hydrogens is 284 g/mol. The first kappa shape index (κ1) is 15.9. The van der Waals surface area contributed by atoms with E-state index >= 15 is 0 Å². The molecule has 1 aromatic rings. The molecule has 1 aliphatic rings. The summed E-state index contributed by atoms with van der Waals surface area (Å²) in [5, 5.41) is 2.53. The first-order valence-electron chi connectivity index (χ1n) is 6.97. The van der Waals surface area contributed by atoms with E-state index in [1.807, 2.05) is 0 Å². The Hall–Kier alpha value is -2.50. The van der Waals surface area contributed by atoms with Crippen LogP contribution in [0.1, 0.15) is 48.4 Å². The Labute approximate surface area is 128 Å². The molecule has 0 spiro atoms. The minimum atomic E-state index is -1.39. The van der Waals surface area contributed by atoms with Gasteiger partial charge in [0.25, 0.3) is 11.8 Å². The Kier molecular flexibility index (Phi) is 3.87. The predicted octanol–water partition coefficient (Wildman–Crippen LogP) is 1.15. The number of rotatable bonds is 4. The number of hydrogen-bond donors (Lipinski definition) is 1. The van der Waals surface area contributed by atoms with E-state index in [1.54, 1.807) is 31.2 Å². The van der Waals surface area contributed by atoms with Crippen molar-refractivity contribution >= 4 is 23.5 Å². The van der Waals surface area contributed by atoms with Gasteiger partial charge >= 0.3 is 0 Å². The quantitative estimate of drug-likeness (QED) is 0.846. The lowest BCUT2D eigenvalue weighted by Gasteiger charge is -2.33. The molecule has 0 saturated heterocycles. The Morgan fingerprint density at radius 1 is 1.09 bits per heavy atom. The van der Waals surface area contributed by atoms with Gasteiger partial charge in [0, 0.05) is 0 Å². The van der Waals surface area contributed by atoms with Crippen molar-refractivity contribution < 1.29 is 19.2 Å². The van der Waals surface area contributed by atoms with Crippen molar-refractivity contribution in [2.45, 2.75) is 39.3 Å². The second-order valence-corrected chi connectivity index (χ2v) is 5.86. The largest absolute Gasteiger partial charge is 0.345 e. The highest BCUT2D eigenvalue weighted by atomic mass is 16.2. The molecular formula is C16H18N2O4. The molecule has 6 heteroatoms. The van der Waals surface area contributed by atoms with Crippen LogP contribution in [0.15, 0.2) is 24.3 Å². The number of hydrogen-bond acceptors (Lipinski definition) is 4. The zero-order chi connectivity index (χ0) is 16.7. The summed E-state index contributed by atoms with van der Waals surface area (Å²) < 4.78 is 0. The average molecular weight is 302 g/mol. The number of carbonyl (C=O) groups is 4. The lowest BCUT2D eigenvalue weighted by atomic mass is 10.0. The van der Waals surface area contributed by atoms with E-state index in [2.05, 4.69) is 5.32 Å². The van der Waals surface area contributed by atoms with Crippen molar-refractivity contribution in [3.05, 3.63) is 35.4 Å². The minimum absolute atomic E-state index is 0.202. The molecule has 1 aliphatic heterocycles. The Bertz CT molecular complexity index is 643. The van der Waals surface area contributed by atoms with Gasteiger partial charge in [-0.1, -0.05) is 12.1 Å². The number of nitrogens with zero attached hydrogens (tertiary/aromatic N) is 1. The lowest BCUT2D eigenvalue weighted by Crippen LogP contribution is -2.59. The van der Waals surface area contributed by atoms with Crippen molar-refractivity contribution in [2.75, 3.05) is 0 Å². The smallest absolute Gasteiger partial charge is 0.262 e. The zero-order valence-corrected chi connectivity index (χ0v) is 13.0. The fourth-order valence-electron chi connectivity index (χ4n) is 2.27. The summed E-state index contributed by atoms with van der Waals surface area (Å²) in [5.41, 5.74) is -0.822. The van der Waals surface area contributed by atoms with E-state index in [4.69, 9.17) is 0 Å². The van der Waals surface area contributed by atoms with Crippen LogP contribution in [-0.4, -0.2) is 40.0 Å². The molecule has 0 saturated carbocycles. The van der Waals surface area contributed by atoms with E-state index in [0.717, 1.165) is 4.90 Å². The highest BCUT2D eigenvalue weighted by Gasteiger charge is 2.48. The number of fused-ring (bicyclic) bond motifs is 1. The van der Waals surface area contributed by atoms with E-state index in [-0.39, 0.29) is 16.9 Å². The first-order chi connectivity index (χ1) is 10.2. The van der Waals surface area contributed by atoms with Gasteiger partial charge in [-0.15, -0.1) is 0 Å². The molecule has 0 unspecified atom stereocenters. The summed E-state index contributed by atoms with van der Waals surface area (Å²) in [4.78, 5) is 49.5. The minimum Gasteiger partial charge on any atom is -0.345 e. The molecule has 0 fully saturated rings. The normalized spacial score (nSPS) is 15.5. The number of Topliss-reactive ketones (excluding diaryl/α,β-unsaturated/α-hetero) is 1. The maximum absolute atomic E-state index is 12.4. The third-order valence-corrected chi connectivity index (χ3v) is 3.87. The molecule has 0 bridgehead atoms. The third kappa shape index (κ3) is 2.41. The number of imide groups is 1. The van der Waals surface area contributed by atoms with E-state index in [0.29, 0.717) is 0 Å². The van der Waals surface area contributed by atoms with Crippen molar-refractivity contribution in [3.63, 3.8) is 0 Å². The number of benzene rings is 1. The molecule has 2 rings (SSSR count). The van der Waals surface area contributed by atoms with Crippen LogP contribution in [0.5, 0.6) is 0 Å². The molecule has 1 heterocycles. The van der Waals surface area contributed by atoms with Crippen LogP contribution in [0.2, 0.25) is 0 Å². The number of ketones is 1. The summed E-state index contributed by atoms with van der Waals surface area (Å²) in [5.74, 6) is -1.76. The van der Waals surface area contributed by atoms with Gasteiger partial charge in [-0.2, -0.15) is 0 Å². The van der Waals surface area contributed by atoms with Crippen LogP contribution in [0, 0.1) is 0 Å². The van der Waals surface area contributed by atoms with Crippen LogP contribution in [0.3, 0.4) is 0 Å². The second-order valence-electron chi connectivity index (χ2n) is 5.86. The number of amides is 3. The Morgan fingerprint density at radius 3 is 1.95 bits per heavy atom. The molecule has 1 atom stereocenters. The van der Waals surface area contributed by atoms with Crippen molar-refractivity contribution in [3.8, 4) is 0 Å². The number of nitrogens with one attached hydrogen (secondary N) is 1. The average Bonchev–Trinajstić information content (AvgIpc) is 2.71. The van der Waals surface area contributed by atoms with E-state index < -0.39 is 29.3 Å². The Morgan fingerprint density at radius 2 is 1.55 bits per heavy atom. The molecule has 22 heavy (non-hydrogen) atoms. The number of carbonyl (C=O) groups excluding carboxylic acids is 4. The van der Waals surface area contributed by atoms with Crippen LogP contribution >= 0.6 is 0 Å². The fraction of sp³-hybridized carbons (Fsp3) is 0.375. The molecule has 1 N–H and O–H groups in total. The van der Waals surface area contributed by atoms with Crippen LogP contribution in [-0.2, 0) is 9.59 Å². The Balaban J connectivity index is 2.31. The summed E-state index contributed by atoms with van der Waals surface area (Å²) in [7, 11) is 0. The lowest BCUT2D eigenvalue weighted by molar-refractivity contribution is -0.132. The molecule has 1 aromatic carbocycles. The monoisotopic (exact) mass is 302 g/mol. The van der Waals surface area contributed by atoms with E-state index in [1.165, 1.54) is 20.8 Å². The molecule has 0 aliphatic carbocycles. The van der Waals surface area contributed by atoms with Crippen LogP contribution in [0.25, 0.3) is 0 Å². The van der Waals surface area contributed by atoms with Gasteiger partial charge in [0.2, 0.25) is 5.91 Å². The maximum Gasteiger partial charge on any atom is 0.262 e. The van der Waals surface area contributed by atoms with Gasteiger partial charge in [0.15, 0.2) is 5.78 Å². The van der Waals surface area contributed by atoms with Gasteiger partial charge in [-0.3, -0.25) is 24.1 Å². The molecule has 0 aromatic heterocycles. The second kappa shape index (κ2) is 5.36. The van der Waals surface area contributed by atoms with Gasteiger partial charge in [0.1, 0.15) is 5.54 Å². The maximum atomic E-state index is 12.4. The summed E-state index contributed by atoms with van der Waals surface area (Å²) in [6.45, 7) is 5.88. The zero-order valence-electron chi connectivity index (χ0n) is 13.0. The molecule has 3 amide bonds. The molecule has 116 valence electrons. The topological polar surface area (TPSA) is 83.6 Å². The highest BCUT2D eigenvalue weighted by molar-refractivity contribution is 6.23. The van der Waals surface area contributed by atoms with Crippen LogP contribution < -0.4 is 5.32 Å². The van der Waals surface area contributed by atoms with Gasteiger partial charge < -0.3 is 5.32 Å². The SMILES string of the molecule is CC(=O)[C@H](C)NC(=O)C(C)(C)N1C(=O)c2ccccc2C1=O. The summed E-state index contributed by atoms with van der Waals surface area (Å²) >= 11 is 0. The molecule has 6 nitrogen and oxygen atoms in total. The standard InChI is InChI=1S/C16H18N2O4/c1-9(10(2)19)17-15(22)16(3,4)18-13(20)11-7-5-6-8-12(11)14(18)21/h5-9H,1-4H3,(H,17,22)/t9-/m0/s1. The first-order valence-corrected chi connectivity index (χ1v) is 6.97. The fourth-order valence-corrected chi connectivity index (χ4v) is 2.27.